The Morgan fingerprint density at radius 3 is 1.96 bits per heavy atom. The lowest BCUT2D eigenvalue weighted by molar-refractivity contribution is -0.386. The predicted molar refractivity (Wildman–Crippen MR) is 229 cm³/mol. The highest BCUT2D eigenvalue weighted by Crippen LogP contribution is 2.38. The Hall–Kier alpha value is -3.29. The van der Waals surface area contributed by atoms with Crippen LogP contribution in [0.4, 0.5) is 0 Å². The van der Waals surface area contributed by atoms with E-state index in [9.17, 15) is 80.1 Å². The van der Waals surface area contributed by atoms with Crippen molar-refractivity contribution in [3.05, 3.63) is 0 Å². The molecule has 0 bridgehead atoms. The van der Waals surface area contributed by atoms with Gasteiger partial charge in [0.1, 0.15) is 73.2 Å². The number of unbranched alkanes of at least 4 members (excludes halogenated alkanes) is 7. The summed E-state index contributed by atoms with van der Waals surface area (Å²) in [7, 11) is 0. The van der Waals surface area contributed by atoms with Crippen LogP contribution < -0.4 is 21.3 Å². The second-order valence-corrected chi connectivity index (χ2v) is 17.3. The van der Waals surface area contributed by atoms with Crippen molar-refractivity contribution >= 4 is 29.6 Å². The summed E-state index contributed by atoms with van der Waals surface area (Å²) in [5.41, 5.74) is 0. The fraction of sp³-hybridized carbons (Fsp3) is 0.881. The highest BCUT2D eigenvalue weighted by atomic mass is 16.8. The molecule has 3 rings (SSSR count). The number of aliphatic hydroxyl groups is 10. The van der Waals surface area contributed by atoms with Gasteiger partial charge in [-0.1, -0.05) is 45.4 Å². The summed E-state index contributed by atoms with van der Waals surface area (Å²) in [5, 5.41) is 128. The Bertz CT molecular complexity index is 1570. The first-order valence-corrected chi connectivity index (χ1v) is 23.1. The van der Waals surface area contributed by atoms with E-state index in [4.69, 9.17) is 28.4 Å². The standard InChI is InChI=1S/C42H74N4O22/c1-4-5-6-7-8-11-15-44-38(60)23(46-28(54)13-10-9-12-14-43-21(2)50)20-63-39-33(58)32(57)35(27(19-49)65-39)66-40-34(59)37(31(56)26(18-48)64-40)68-42(41(61)62)16-24(52)29(45-22(3)51)36(67-42)30(55)25(53)17-47/h23-27,29-37,39-40,47-49,52-53,55-59H,4-20H2,1-3H3,(H,43,50)(H,44,60)(H,45,51)(H,46,54)(H,61,62)/t23-,24+,25+,26?,27?,29+,30+,31-,32?,33?,34?,35+,36?,37?,39+,40-,42-/m0/s1. The Kier molecular flexibility index (Phi) is 25.3. The summed E-state index contributed by atoms with van der Waals surface area (Å²) in [5.74, 6) is -7.15. The maximum Gasteiger partial charge on any atom is 0.364 e. The molecule has 0 radical (unpaired) electrons. The van der Waals surface area contributed by atoms with Gasteiger partial charge in [-0.15, -0.1) is 0 Å². The third kappa shape index (κ3) is 16.9. The SMILES string of the molecule is CCCCCCCCNC(=O)[C@H](CO[C@@H]1OC(CO)[C@@H](O[C@@H]2OC(CO)[C@H](O)C(O[C@]3(C(=O)O)C[C@@H](O)[C@@H](NC(C)=O)C([C@H](O)[C@H](O)CO)O3)C2O)C(O)C1O)NC(=O)CCCCCNC(C)=O. The molecule has 0 aromatic heterocycles. The Balaban J connectivity index is 1.77. The monoisotopic (exact) mass is 986 g/mol. The summed E-state index contributed by atoms with van der Waals surface area (Å²) in [6, 6.07) is -2.90. The number of aliphatic hydroxyl groups excluding tert-OH is 10. The molecule has 4 amide bonds. The van der Waals surface area contributed by atoms with Gasteiger partial charge in [0.2, 0.25) is 23.6 Å². The number of hydrogen-bond donors (Lipinski definition) is 15. The van der Waals surface area contributed by atoms with Crippen molar-refractivity contribution in [2.45, 2.75) is 195 Å². The number of aliphatic carboxylic acids is 1. The van der Waals surface area contributed by atoms with E-state index in [0.717, 1.165) is 39.0 Å². The molecule has 0 aliphatic carbocycles. The average molecular weight is 987 g/mol. The van der Waals surface area contributed by atoms with Crippen LogP contribution in [0.3, 0.4) is 0 Å². The largest absolute Gasteiger partial charge is 0.477 e. The number of carboxylic acids is 1. The van der Waals surface area contributed by atoms with Crippen molar-refractivity contribution in [2.75, 3.05) is 39.5 Å². The van der Waals surface area contributed by atoms with Crippen molar-refractivity contribution in [1.29, 1.82) is 0 Å². The molecule has 3 heterocycles. The summed E-state index contributed by atoms with van der Waals surface area (Å²) >= 11 is 0. The Labute approximate surface area is 393 Å². The number of carboxylic acid groups (broad SMARTS) is 1. The van der Waals surface area contributed by atoms with Gasteiger partial charge in [0.25, 0.3) is 5.79 Å². The molecular formula is C42H74N4O22. The lowest BCUT2D eigenvalue weighted by Crippen LogP contribution is -2.70. The van der Waals surface area contributed by atoms with Crippen LogP contribution in [0.15, 0.2) is 0 Å². The van der Waals surface area contributed by atoms with E-state index >= 15 is 0 Å². The van der Waals surface area contributed by atoms with Gasteiger partial charge in [-0.3, -0.25) is 19.2 Å². The van der Waals surface area contributed by atoms with Crippen LogP contribution in [0.2, 0.25) is 0 Å². The molecule has 3 saturated heterocycles. The van der Waals surface area contributed by atoms with Crippen LogP contribution in [0.1, 0.15) is 91.4 Å². The second kappa shape index (κ2) is 29.1. The molecule has 26 nitrogen and oxygen atoms in total. The van der Waals surface area contributed by atoms with Gasteiger partial charge >= 0.3 is 5.97 Å². The van der Waals surface area contributed by atoms with E-state index in [0.29, 0.717) is 38.8 Å². The van der Waals surface area contributed by atoms with Crippen molar-refractivity contribution in [3.8, 4) is 0 Å². The molecule has 0 aromatic rings. The summed E-state index contributed by atoms with van der Waals surface area (Å²) in [6.07, 6.45) is -21.3. The number of amides is 4. The zero-order valence-corrected chi connectivity index (χ0v) is 38.7. The third-order valence-corrected chi connectivity index (χ3v) is 11.8. The van der Waals surface area contributed by atoms with E-state index in [-0.39, 0.29) is 12.3 Å². The van der Waals surface area contributed by atoms with E-state index in [1.165, 1.54) is 6.92 Å². The predicted octanol–water partition coefficient (Wildman–Crippen LogP) is -5.54. The summed E-state index contributed by atoms with van der Waals surface area (Å²) < 4.78 is 34.0. The molecule has 26 heteroatoms. The van der Waals surface area contributed by atoms with E-state index in [2.05, 4.69) is 28.2 Å². The molecule has 15 N–H and O–H groups in total. The summed E-state index contributed by atoms with van der Waals surface area (Å²) in [4.78, 5) is 62.2. The van der Waals surface area contributed by atoms with E-state index in [1.807, 2.05) is 0 Å². The second-order valence-electron chi connectivity index (χ2n) is 17.3. The molecular weight excluding hydrogens is 912 g/mol. The van der Waals surface area contributed by atoms with Crippen LogP contribution in [-0.4, -0.2) is 229 Å². The maximum atomic E-state index is 13.3. The van der Waals surface area contributed by atoms with Crippen LogP contribution >= 0.6 is 0 Å². The van der Waals surface area contributed by atoms with E-state index < -0.39 is 160 Å². The molecule has 68 heavy (non-hydrogen) atoms. The topological polar surface area (TPSA) is 411 Å². The zero-order chi connectivity index (χ0) is 50.7. The normalized spacial score (nSPS) is 33.2. The van der Waals surface area contributed by atoms with Crippen molar-refractivity contribution in [2.24, 2.45) is 0 Å². The number of hydrogen-bond acceptors (Lipinski definition) is 21. The molecule has 17 atom stereocenters. The lowest BCUT2D eigenvalue weighted by atomic mass is 9.88. The van der Waals surface area contributed by atoms with Crippen LogP contribution in [0.5, 0.6) is 0 Å². The number of carbonyl (C=O) groups excluding carboxylic acids is 4. The Morgan fingerprint density at radius 2 is 1.35 bits per heavy atom. The minimum atomic E-state index is -3.09. The number of carbonyl (C=O) groups is 5. The van der Waals surface area contributed by atoms with Crippen LogP contribution in [-0.2, 0) is 52.4 Å². The fourth-order valence-corrected chi connectivity index (χ4v) is 8.02. The molecule has 0 spiro atoms. The van der Waals surface area contributed by atoms with Gasteiger partial charge in [-0.25, -0.2) is 4.79 Å². The van der Waals surface area contributed by atoms with Gasteiger partial charge in [-0.05, 0) is 19.3 Å². The lowest BCUT2D eigenvalue weighted by Gasteiger charge is -2.50. The first kappa shape index (κ1) is 59.0. The van der Waals surface area contributed by atoms with Gasteiger partial charge < -0.3 is 106 Å². The van der Waals surface area contributed by atoms with Crippen molar-refractivity contribution < 1.29 is 109 Å². The summed E-state index contributed by atoms with van der Waals surface area (Å²) in [6.45, 7) is 1.61. The van der Waals surface area contributed by atoms with Crippen molar-refractivity contribution in [1.82, 2.24) is 21.3 Å². The van der Waals surface area contributed by atoms with Gasteiger partial charge in [0.05, 0.1) is 38.6 Å². The molecule has 7 unspecified atom stereocenters. The number of nitrogens with one attached hydrogen (secondary N) is 4. The van der Waals surface area contributed by atoms with Crippen LogP contribution in [0, 0.1) is 0 Å². The third-order valence-electron chi connectivity index (χ3n) is 11.8. The number of ether oxygens (including phenoxy) is 6. The van der Waals surface area contributed by atoms with Gasteiger partial charge in [0.15, 0.2) is 12.6 Å². The first-order chi connectivity index (χ1) is 32.2. The quantitative estimate of drug-likeness (QED) is 0.0311. The van der Waals surface area contributed by atoms with Gasteiger partial charge in [0, 0.05) is 39.8 Å². The van der Waals surface area contributed by atoms with Crippen LogP contribution in [0.25, 0.3) is 0 Å². The highest BCUT2D eigenvalue weighted by Gasteiger charge is 2.60. The minimum Gasteiger partial charge on any atom is -0.477 e. The molecule has 394 valence electrons. The maximum absolute atomic E-state index is 13.3. The molecule has 3 fully saturated rings. The minimum absolute atomic E-state index is 0.0348. The number of rotatable bonds is 29. The molecule has 3 aliphatic rings. The average Bonchev–Trinajstić information content (AvgIpc) is 3.29. The first-order valence-electron chi connectivity index (χ1n) is 23.1. The van der Waals surface area contributed by atoms with E-state index in [1.54, 1.807) is 0 Å². The Morgan fingerprint density at radius 1 is 0.735 bits per heavy atom. The fourth-order valence-electron chi connectivity index (χ4n) is 8.02. The highest BCUT2D eigenvalue weighted by molar-refractivity contribution is 5.87. The smallest absolute Gasteiger partial charge is 0.364 e. The van der Waals surface area contributed by atoms with Gasteiger partial charge in [-0.2, -0.15) is 0 Å². The molecule has 3 aliphatic heterocycles. The zero-order valence-electron chi connectivity index (χ0n) is 38.7. The van der Waals surface area contributed by atoms with Crippen molar-refractivity contribution in [3.63, 3.8) is 0 Å². The molecule has 0 saturated carbocycles. The molecule has 0 aromatic carbocycles.